The molecule has 2 aromatic carbocycles. The monoisotopic (exact) mass is 322 g/mol. The van der Waals surface area contributed by atoms with Crippen LogP contribution in [0.25, 0.3) is 0 Å². The molecule has 0 saturated carbocycles. The first-order chi connectivity index (χ1) is 10.6. The van der Waals surface area contributed by atoms with Gasteiger partial charge in [0.1, 0.15) is 24.8 Å². The van der Waals surface area contributed by atoms with Crippen LogP contribution < -0.4 is 9.47 Å². The standard InChI is InChI=1S/C16H12F2O3S/c17-11-2-4-16(12(18)8-11)22-9-13(19)10-1-3-14-15(7-10)21-6-5-20-14/h1-4,7-8H,5-6,9H2. The first kappa shape index (κ1) is 14.8. The Kier molecular flexibility index (Phi) is 4.29. The van der Waals surface area contributed by atoms with Gasteiger partial charge in [-0.05, 0) is 30.3 Å². The van der Waals surface area contributed by atoms with E-state index in [9.17, 15) is 13.6 Å². The van der Waals surface area contributed by atoms with Crippen molar-refractivity contribution in [2.45, 2.75) is 4.90 Å². The molecule has 0 bridgehead atoms. The fourth-order valence-electron chi connectivity index (χ4n) is 2.04. The summed E-state index contributed by atoms with van der Waals surface area (Å²) in [6, 6.07) is 8.25. The zero-order valence-corrected chi connectivity index (χ0v) is 12.3. The van der Waals surface area contributed by atoms with Crippen molar-refractivity contribution < 1.29 is 23.0 Å². The number of carbonyl (C=O) groups excluding carboxylic acids is 1. The number of hydrogen-bond acceptors (Lipinski definition) is 4. The highest BCUT2D eigenvalue weighted by atomic mass is 32.2. The van der Waals surface area contributed by atoms with E-state index in [4.69, 9.17) is 9.47 Å². The largest absolute Gasteiger partial charge is 0.486 e. The number of hydrogen-bond donors (Lipinski definition) is 0. The van der Waals surface area contributed by atoms with Crippen molar-refractivity contribution in [3.8, 4) is 11.5 Å². The number of ether oxygens (including phenoxy) is 2. The topological polar surface area (TPSA) is 35.5 Å². The van der Waals surface area contributed by atoms with Gasteiger partial charge in [-0.15, -0.1) is 11.8 Å². The van der Waals surface area contributed by atoms with E-state index < -0.39 is 11.6 Å². The molecule has 1 aliphatic heterocycles. The summed E-state index contributed by atoms with van der Waals surface area (Å²) in [4.78, 5) is 12.4. The molecule has 1 heterocycles. The van der Waals surface area contributed by atoms with E-state index in [1.807, 2.05) is 0 Å². The average molecular weight is 322 g/mol. The highest BCUT2D eigenvalue weighted by Crippen LogP contribution is 2.31. The molecule has 3 rings (SSSR count). The first-order valence-electron chi connectivity index (χ1n) is 6.64. The molecule has 0 amide bonds. The minimum atomic E-state index is -0.667. The van der Waals surface area contributed by atoms with Crippen molar-refractivity contribution in [3.05, 3.63) is 53.6 Å². The van der Waals surface area contributed by atoms with Gasteiger partial charge in [-0.1, -0.05) is 0 Å². The molecule has 22 heavy (non-hydrogen) atoms. The van der Waals surface area contributed by atoms with E-state index in [-0.39, 0.29) is 16.4 Å². The second-order valence-corrected chi connectivity index (χ2v) is 5.66. The third kappa shape index (κ3) is 3.22. The van der Waals surface area contributed by atoms with Gasteiger partial charge in [-0.3, -0.25) is 4.79 Å². The maximum absolute atomic E-state index is 13.5. The van der Waals surface area contributed by atoms with Crippen LogP contribution in [-0.2, 0) is 0 Å². The van der Waals surface area contributed by atoms with Crippen LogP contribution in [-0.4, -0.2) is 24.7 Å². The smallest absolute Gasteiger partial charge is 0.173 e. The van der Waals surface area contributed by atoms with Gasteiger partial charge in [0, 0.05) is 16.5 Å². The quantitative estimate of drug-likeness (QED) is 0.635. The van der Waals surface area contributed by atoms with E-state index in [1.165, 1.54) is 12.1 Å². The molecule has 0 aromatic heterocycles. The minimum Gasteiger partial charge on any atom is -0.486 e. The van der Waals surface area contributed by atoms with Crippen LogP contribution in [0.3, 0.4) is 0 Å². The Morgan fingerprint density at radius 1 is 1.05 bits per heavy atom. The molecular weight excluding hydrogens is 310 g/mol. The molecule has 0 fully saturated rings. The normalized spacial score (nSPS) is 13.0. The van der Waals surface area contributed by atoms with Crippen molar-refractivity contribution in [2.75, 3.05) is 19.0 Å². The number of rotatable bonds is 4. The summed E-state index contributed by atoms with van der Waals surface area (Å²) in [6.45, 7) is 0.931. The predicted molar refractivity (Wildman–Crippen MR) is 78.8 cm³/mol. The highest BCUT2D eigenvalue weighted by Gasteiger charge is 2.15. The van der Waals surface area contributed by atoms with Gasteiger partial charge in [0.25, 0.3) is 0 Å². The summed E-state index contributed by atoms with van der Waals surface area (Å²) >= 11 is 1.03. The molecule has 1 aliphatic rings. The first-order valence-corrected chi connectivity index (χ1v) is 7.63. The van der Waals surface area contributed by atoms with E-state index in [0.717, 1.165) is 17.8 Å². The Bertz CT molecular complexity index is 719. The van der Waals surface area contributed by atoms with Gasteiger partial charge >= 0.3 is 0 Å². The predicted octanol–water partition coefficient (Wildman–Crippen LogP) is 3.71. The van der Waals surface area contributed by atoms with Crippen molar-refractivity contribution in [3.63, 3.8) is 0 Å². The van der Waals surface area contributed by atoms with Gasteiger partial charge < -0.3 is 9.47 Å². The molecule has 114 valence electrons. The summed E-state index contributed by atoms with van der Waals surface area (Å²) in [6.07, 6.45) is 0. The Labute approximate surface area is 130 Å². The summed E-state index contributed by atoms with van der Waals surface area (Å²) in [7, 11) is 0. The average Bonchev–Trinajstić information content (AvgIpc) is 2.53. The van der Waals surface area contributed by atoms with Crippen molar-refractivity contribution in [2.24, 2.45) is 0 Å². The third-order valence-corrected chi connectivity index (χ3v) is 4.17. The number of fused-ring (bicyclic) bond motifs is 1. The molecule has 0 unspecified atom stereocenters. The van der Waals surface area contributed by atoms with Crippen LogP contribution in [0.4, 0.5) is 8.78 Å². The van der Waals surface area contributed by atoms with Gasteiger partial charge in [0.05, 0.1) is 5.75 Å². The minimum absolute atomic E-state index is 0.0577. The van der Waals surface area contributed by atoms with Crippen molar-refractivity contribution in [1.82, 2.24) is 0 Å². The lowest BCUT2D eigenvalue weighted by atomic mass is 10.1. The number of benzene rings is 2. The van der Waals surface area contributed by atoms with E-state index in [1.54, 1.807) is 18.2 Å². The van der Waals surface area contributed by atoms with Gasteiger partial charge in [0.15, 0.2) is 17.3 Å². The van der Waals surface area contributed by atoms with Crippen LogP contribution in [0, 0.1) is 11.6 Å². The zero-order chi connectivity index (χ0) is 15.5. The second-order valence-electron chi connectivity index (χ2n) is 4.65. The molecule has 0 spiro atoms. The van der Waals surface area contributed by atoms with Crippen LogP contribution in [0.1, 0.15) is 10.4 Å². The Balaban J connectivity index is 1.69. The molecule has 6 heteroatoms. The number of ketones is 1. The lowest BCUT2D eigenvalue weighted by Gasteiger charge is -2.18. The van der Waals surface area contributed by atoms with Gasteiger partial charge in [-0.25, -0.2) is 8.78 Å². The summed E-state index contributed by atoms with van der Waals surface area (Å²) in [5.41, 5.74) is 0.472. The van der Waals surface area contributed by atoms with Crippen LogP contribution >= 0.6 is 11.8 Å². The highest BCUT2D eigenvalue weighted by molar-refractivity contribution is 8.00. The van der Waals surface area contributed by atoms with Crippen molar-refractivity contribution in [1.29, 1.82) is 0 Å². The fourth-order valence-corrected chi connectivity index (χ4v) is 2.85. The molecule has 0 aliphatic carbocycles. The molecule has 3 nitrogen and oxygen atoms in total. The maximum atomic E-state index is 13.5. The van der Waals surface area contributed by atoms with Crippen molar-refractivity contribution >= 4 is 17.5 Å². The molecule has 0 atom stereocenters. The van der Waals surface area contributed by atoms with Crippen LogP contribution in [0.2, 0.25) is 0 Å². The summed E-state index contributed by atoms with van der Waals surface area (Å²) < 4.78 is 37.2. The number of carbonyl (C=O) groups is 1. The molecule has 0 saturated heterocycles. The summed E-state index contributed by atoms with van der Waals surface area (Å²) in [5.74, 6) is -0.261. The lowest BCUT2D eigenvalue weighted by Crippen LogP contribution is -2.16. The SMILES string of the molecule is O=C(CSc1ccc(F)cc1F)c1ccc2c(c1)OCCO2. The number of Topliss-reactive ketones (excluding diaryl/α,β-unsaturated/α-hetero) is 1. The Hall–Kier alpha value is -2.08. The molecule has 0 radical (unpaired) electrons. The fraction of sp³-hybridized carbons (Fsp3) is 0.188. The second kappa shape index (κ2) is 6.36. The third-order valence-electron chi connectivity index (χ3n) is 3.12. The summed E-state index contributed by atoms with van der Waals surface area (Å²) in [5, 5.41) is 0. The molecule has 0 N–H and O–H groups in total. The van der Waals surface area contributed by atoms with Crippen LogP contribution in [0.5, 0.6) is 11.5 Å². The molecular formula is C16H12F2O3S. The van der Waals surface area contributed by atoms with Gasteiger partial charge in [-0.2, -0.15) is 0 Å². The Morgan fingerprint density at radius 3 is 2.59 bits per heavy atom. The zero-order valence-electron chi connectivity index (χ0n) is 11.5. The van der Waals surface area contributed by atoms with Crippen LogP contribution in [0.15, 0.2) is 41.3 Å². The Morgan fingerprint density at radius 2 is 1.82 bits per heavy atom. The van der Waals surface area contributed by atoms with E-state index in [2.05, 4.69) is 0 Å². The van der Waals surface area contributed by atoms with E-state index >= 15 is 0 Å². The van der Waals surface area contributed by atoms with E-state index in [0.29, 0.717) is 30.3 Å². The number of halogens is 2. The van der Waals surface area contributed by atoms with Gasteiger partial charge in [0.2, 0.25) is 0 Å². The lowest BCUT2D eigenvalue weighted by molar-refractivity contribution is 0.102. The number of thioether (sulfide) groups is 1. The maximum Gasteiger partial charge on any atom is 0.173 e. The molecule has 2 aromatic rings.